The fourth-order valence-corrected chi connectivity index (χ4v) is 1.82. The van der Waals surface area contributed by atoms with Crippen LogP contribution in [0.1, 0.15) is 11.7 Å². The largest absolute Gasteiger partial charge is 0.495 e. The van der Waals surface area contributed by atoms with Crippen molar-refractivity contribution in [2.45, 2.75) is 12.3 Å². The molecule has 2 aromatic rings. The van der Waals surface area contributed by atoms with Crippen LogP contribution in [-0.2, 0) is 17.1 Å². The number of aromatic nitrogens is 2. The van der Waals surface area contributed by atoms with E-state index in [1.807, 2.05) is 12.1 Å². The molecule has 1 heterocycles. The smallest absolute Gasteiger partial charge is 0.241 e. The summed E-state index contributed by atoms with van der Waals surface area (Å²) in [5.74, 6) is 1.19. The first-order valence-corrected chi connectivity index (χ1v) is 6.46. The predicted octanol–water partition coefficient (Wildman–Crippen LogP) is 2.02. The molecule has 0 atom stereocenters. The normalized spacial score (nSPS) is 10.3. The predicted molar refractivity (Wildman–Crippen MR) is 74.0 cm³/mol. The highest BCUT2D eigenvalue weighted by molar-refractivity contribution is 6.16. The molecule has 106 valence electrons. The number of amides is 1. The molecule has 0 fully saturated rings. The van der Waals surface area contributed by atoms with Crippen LogP contribution in [0.4, 0.5) is 5.69 Å². The van der Waals surface area contributed by atoms with E-state index in [1.165, 1.54) is 4.90 Å². The Bertz CT molecular complexity index is 600. The zero-order valence-corrected chi connectivity index (χ0v) is 11.9. The molecule has 1 aromatic heterocycles. The maximum Gasteiger partial charge on any atom is 0.241 e. The Hall–Kier alpha value is -2.08. The van der Waals surface area contributed by atoms with Crippen LogP contribution in [-0.4, -0.2) is 30.2 Å². The van der Waals surface area contributed by atoms with Gasteiger partial charge >= 0.3 is 0 Å². The number of hydrogen-bond acceptors (Lipinski definition) is 5. The van der Waals surface area contributed by atoms with Crippen LogP contribution in [0.5, 0.6) is 5.75 Å². The molecule has 0 radical (unpaired) electrons. The number of likely N-dealkylation sites (N-methyl/N-ethyl adjacent to an activating group) is 1. The Morgan fingerprint density at radius 2 is 2.20 bits per heavy atom. The highest BCUT2D eigenvalue weighted by atomic mass is 35.5. The van der Waals surface area contributed by atoms with Crippen LogP contribution < -0.4 is 9.64 Å². The lowest BCUT2D eigenvalue weighted by molar-refractivity contribution is -0.117. The monoisotopic (exact) mass is 295 g/mol. The van der Waals surface area contributed by atoms with Gasteiger partial charge in [0.15, 0.2) is 5.82 Å². The van der Waals surface area contributed by atoms with Gasteiger partial charge in [0.25, 0.3) is 0 Å². The van der Waals surface area contributed by atoms with Gasteiger partial charge in [-0.05, 0) is 12.1 Å². The van der Waals surface area contributed by atoms with Crippen LogP contribution in [0.2, 0.25) is 0 Å². The first-order valence-electron chi connectivity index (χ1n) is 5.92. The zero-order valence-electron chi connectivity index (χ0n) is 11.2. The van der Waals surface area contributed by atoms with E-state index >= 15 is 0 Å². The van der Waals surface area contributed by atoms with Crippen LogP contribution in [0.25, 0.3) is 0 Å². The number of hydrogen-bond donors (Lipinski definition) is 0. The summed E-state index contributed by atoms with van der Waals surface area (Å²) in [6.07, 6.45) is 0.0366. The van der Waals surface area contributed by atoms with Gasteiger partial charge < -0.3 is 14.2 Å². The molecule has 0 aliphatic carbocycles. The van der Waals surface area contributed by atoms with Crippen LogP contribution in [0.3, 0.4) is 0 Å². The van der Waals surface area contributed by atoms with E-state index in [0.717, 1.165) is 0 Å². The third kappa shape index (κ3) is 3.08. The second kappa shape index (κ2) is 6.38. The molecule has 6 nitrogen and oxygen atoms in total. The third-order valence-electron chi connectivity index (χ3n) is 2.75. The quantitative estimate of drug-likeness (QED) is 0.789. The summed E-state index contributed by atoms with van der Waals surface area (Å²) in [5.41, 5.74) is 0.682. The minimum Gasteiger partial charge on any atom is -0.495 e. The maximum absolute atomic E-state index is 12.2. The van der Waals surface area contributed by atoms with Crippen molar-refractivity contribution in [3.05, 3.63) is 36.0 Å². The topological polar surface area (TPSA) is 68.5 Å². The van der Waals surface area contributed by atoms with Crippen LogP contribution in [0.15, 0.2) is 28.8 Å². The van der Waals surface area contributed by atoms with Gasteiger partial charge in [0.2, 0.25) is 11.8 Å². The zero-order chi connectivity index (χ0) is 14.5. The van der Waals surface area contributed by atoms with Gasteiger partial charge in [0, 0.05) is 7.05 Å². The summed E-state index contributed by atoms with van der Waals surface area (Å²) < 4.78 is 10.1. The highest BCUT2D eigenvalue weighted by Crippen LogP contribution is 2.26. The third-order valence-corrected chi connectivity index (χ3v) is 2.98. The van der Waals surface area contributed by atoms with E-state index in [2.05, 4.69) is 10.1 Å². The number of methoxy groups -OCH3 is 1. The average molecular weight is 296 g/mol. The summed E-state index contributed by atoms with van der Waals surface area (Å²) in [6, 6.07) is 7.27. The molecule has 0 N–H and O–H groups in total. The fourth-order valence-electron chi connectivity index (χ4n) is 1.71. The Kier molecular flexibility index (Phi) is 4.57. The van der Waals surface area contributed by atoms with Gasteiger partial charge in [-0.3, -0.25) is 4.79 Å². The molecule has 0 unspecified atom stereocenters. The van der Waals surface area contributed by atoms with Crippen LogP contribution >= 0.6 is 11.6 Å². The molecular formula is C13H14ClN3O3. The number of carbonyl (C=O) groups excluding carboxylic acids is 1. The van der Waals surface area contributed by atoms with Crippen molar-refractivity contribution in [1.29, 1.82) is 0 Å². The Morgan fingerprint density at radius 3 is 2.85 bits per heavy atom. The highest BCUT2D eigenvalue weighted by Gasteiger charge is 2.18. The standard InChI is InChI=1S/C13H14ClN3O3/c1-17(9-5-3-4-6-10(9)19-2)13(18)7-11-15-12(8-14)20-16-11/h3-6H,7-8H2,1-2H3. The number of nitrogens with zero attached hydrogens (tertiary/aromatic N) is 3. The minimum atomic E-state index is -0.170. The summed E-state index contributed by atoms with van der Waals surface area (Å²) >= 11 is 5.57. The summed E-state index contributed by atoms with van der Waals surface area (Å²) in [5, 5.41) is 3.70. The second-order valence-electron chi connectivity index (χ2n) is 4.04. The number of halogens is 1. The molecule has 0 spiro atoms. The molecule has 0 aliphatic heterocycles. The van der Waals surface area contributed by atoms with Crippen LogP contribution in [0, 0.1) is 0 Å². The number of anilines is 1. The number of rotatable bonds is 5. The lowest BCUT2D eigenvalue weighted by atomic mass is 10.2. The molecule has 1 amide bonds. The Labute approximate surface area is 121 Å². The summed E-state index contributed by atoms with van der Waals surface area (Å²) in [6.45, 7) is 0. The van der Waals surface area contributed by atoms with Gasteiger partial charge in [0.1, 0.15) is 11.6 Å². The van der Waals surface area contributed by atoms with Gasteiger partial charge in [-0.25, -0.2) is 0 Å². The van der Waals surface area contributed by atoms with E-state index in [4.69, 9.17) is 20.9 Å². The SMILES string of the molecule is COc1ccccc1N(C)C(=O)Cc1noc(CCl)n1. The van der Waals surface area contributed by atoms with Gasteiger partial charge in [-0.1, -0.05) is 17.3 Å². The molecule has 20 heavy (non-hydrogen) atoms. The van der Waals surface area contributed by atoms with E-state index < -0.39 is 0 Å². The minimum absolute atomic E-state index is 0.0366. The van der Waals surface area contributed by atoms with E-state index in [9.17, 15) is 4.79 Å². The van der Waals surface area contributed by atoms with Crippen molar-refractivity contribution in [2.24, 2.45) is 0 Å². The molecule has 1 aromatic carbocycles. The average Bonchev–Trinajstić information content (AvgIpc) is 2.94. The number of benzene rings is 1. The van der Waals surface area contributed by atoms with Gasteiger partial charge in [0.05, 0.1) is 19.2 Å². The van der Waals surface area contributed by atoms with Gasteiger partial charge in [-0.2, -0.15) is 4.98 Å². The number of para-hydroxylation sites is 2. The first kappa shape index (κ1) is 14.3. The van der Waals surface area contributed by atoms with E-state index in [1.54, 1.807) is 26.3 Å². The fraction of sp³-hybridized carbons (Fsp3) is 0.308. The van der Waals surface area contributed by atoms with E-state index in [-0.39, 0.29) is 18.2 Å². The maximum atomic E-state index is 12.2. The molecule has 0 saturated carbocycles. The Balaban J connectivity index is 2.12. The number of carbonyl (C=O) groups is 1. The first-order chi connectivity index (χ1) is 9.65. The van der Waals surface area contributed by atoms with E-state index in [0.29, 0.717) is 23.2 Å². The molecule has 0 bridgehead atoms. The second-order valence-corrected chi connectivity index (χ2v) is 4.31. The molecule has 0 saturated heterocycles. The van der Waals surface area contributed by atoms with Crippen molar-refractivity contribution in [3.63, 3.8) is 0 Å². The number of ether oxygens (including phenoxy) is 1. The van der Waals surface area contributed by atoms with Crippen molar-refractivity contribution >= 4 is 23.2 Å². The van der Waals surface area contributed by atoms with Crippen molar-refractivity contribution in [2.75, 3.05) is 19.1 Å². The lowest BCUT2D eigenvalue weighted by Gasteiger charge is -2.19. The van der Waals surface area contributed by atoms with Crippen molar-refractivity contribution in [1.82, 2.24) is 10.1 Å². The number of alkyl halides is 1. The summed E-state index contributed by atoms with van der Waals surface area (Å²) in [7, 11) is 3.23. The Morgan fingerprint density at radius 1 is 1.45 bits per heavy atom. The molecule has 7 heteroatoms. The lowest BCUT2D eigenvalue weighted by Crippen LogP contribution is -2.28. The molecule has 2 rings (SSSR count). The summed E-state index contributed by atoms with van der Waals surface area (Å²) in [4.78, 5) is 17.7. The van der Waals surface area contributed by atoms with Crippen molar-refractivity contribution in [3.8, 4) is 5.75 Å². The molecular weight excluding hydrogens is 282 g/mol. The van der Waals surface area contributed by atoms with Gasteiger partial charge in [-0.15, -0.1) is 11.6 Å². The van der Waals surface area contributed by atoms with Crippen molar-refractivity contribution < 1.29 is 14.1 Å². The molecule has 0 aliphatic rings.